The molecule has 1 aromatic carbocycles. The van der Waals surface area contributed by atoms with E-state index in [0.29, 0.717) is 23.3 Å². The largest absolute Gasteiger partial charge is 0.303 e. The molecule has 2 unspecified atom stereocenters. The summed E-state index contributed by atoms with van der Waals surface area (Å²) < 4.78 is 13.5. The molecule has 0 aromatic heterocycles. The topological polar surface area (TPSA) is 34.1 Å². The summed E-state index contributed by atoms with van der Waals surface area (Å²) in [5.74, 6) is -1.19. The molecule has 2 atom stereocenters. The highest BCUT2D eigenvalue weighted by Gasteiger charge is 2.28. The van der Waals surface area contributed by atoms with E-state index in [1.165, 1.54) is 6.07 Å². The summed E-state index contributed by atoms with van der Waals surface area (Å²) in [4.78, 5) is 22.6. The summed E-state index contributed by atoms with van der Waals surface area (Å²) in [7, 11) is 0. The first-order valence-corrected chi connectivity index (χ1v) is 6.49. The molecule has 0 saturated heterocycles. The quantitative estimate of drug-likeness (QED) is 0.797. The van der Waals surface area contributed by atoms with E-state index < -0.39 is 5.92 Å². The minimum absolute atomic E-state index is 0.0255. The van der Waals surface area contributed by atoms with Gasteiger partial charge in [0.15, 0.2) is 0 Å². The molecule has 0 spiro atoms. The number of carbonyl (C=O) groups is 2. The van der Waals surface area contributed by atoms with E-state index in [9.17, 15) is 14.0 Å². The van der Waals surface area contributed by atoms with Crippen LogP contribution in [0.4, 0.5) is 4.39 Å². The van der Waals surface area contributed by atoms with Gasteiger partial charge in [0.2, 0.25) is 0 Å². The maximum Gasteiger partial charge on any atom is 0.141 e. The standard InChI is InChI=1S/C15H14ClFO2/c1-9-2-3-10(5-14(9)17)4-11-6-13(16)12(8-18)7-15(11)19/h2-3,5-6,8,11-12H,4,7H2,1H3. The van der Waals surface area contributed by atoms with E-state index in [2.05, 4.69) is 0 Å². The molecule has 0 amide bonds. The van der Waals surface area contributed by atoms with Gasteiger partial charge >= 0.3 is 0 Å². The van der Waals surface area contributed by atoms with Gasteiger partial charge in [-0.1, -0.05) is 29.8 Å². The van der Waals surface area contributed by atoms with Crippen LogP contribution in [0.2, 0.25) is 0 Å². The van der Waals surface area contributed by atoms with Crippen LogP contribution in [0.25, 0.3) is 0 Å². The van der Waals surface area contributed by atoms with E-state index in [0.717, 1.165) is 5.56 Å². The predicted molar refractivity (Wildman–Crippen MR) is 71.4 cm³/mol. The number of hydrogen-bond acceptors (Lipinski definition) is 2. The van der Waals surface area contributed by atoms with Gasteiger partial charge < -0.3 is 4.79 Å². The lowest BCUT2D eigenvalue weighted by molar-refractivity contribution is -0.124. The maximum absolute atomic E-state index is 13.5. The number of benzene rings is 1. The van der Waals surface area contributed by atoms with Crippen molar-refractivity contribution in [3.8, 4) is 0 Å². The van der Waals surface area contributed by atoms with Gasteiger partial charge in [-0.2, -0.15) is 0 Å². The number of carbonyl (C=O) groups excluding carboxylic acids is 2. The normalized spacial score (nSPS) is 23.1. The second-order valence-electron chi connectivity index (χ2n) is 4.86. The second kappa shape index (κ2) is 5.66. The van der Waals surface area contributed by atoms with E-state index in [4.69, 9.17) is 11.6 Å². The van der Waals surface area contributed by atoms with Crippen LogP contribution in [0, 0.1) is 24.6 Å². The molecule has 1 aliphatic carbocycles. The third-order valence-electron chi connectivity index (χ3n) is 3.41. The van der Waals surface area contributed by atoms with Gasteiger partial charge in [-0.3, -0.25) is 4.79 Å². The van der Waals surface area contributed by atoms with Crippen LogP contribution >= 0.6 is 11.6 Å². The predicted octanol–water partition coefficient (Wildman–Crippen LogP) is 3.20. The number of halogens is 2. The summed E-state index contributed by atoms with van der Waals surface area (Å²) in [6.45, 7) is 1.69. The van der Waals surface area contributed by atoms with Crippen molar-refractivity contribution < 1.29 is 14.0 Å². The molecule has 0 saturated carbocycles. The highest BCUT2D eigenvalue weighted by Crippen LogP contribution is 2.29. The molecule has 19 heavy (non-hydrogen) atoms. The summed E-state index contributed by atoms with van der Waals surface area (Å²) in [5.41, 5.74) is 1.33. The third-order valence-corrected chi connectivity index (χ3v) is 3.81. The summed E-state index contributed by atoms with van der Waals surface area (Å²) in [5, 5.41) is 0.409. The number of allylic oxidation sites excluding steroid dienone is 2. The van der Waals surface area contributed by atoms with Crippen LogP contribution in [0.3, 0.4) is 0 Å². The number of aryl methyl sites for hydroxylation is 1. The number of rotatable bonds is 3. The van der Waals surface area contributed by atoms with Crippen molar-refractivity contribution >= 4 is 23.7 Å². The van der Waals surface area contributed by atoms with Gasteiger partial charge in [0.1, 0.15) is 17.9 Å². The zero-order valence-electron chi connectivity index (χ0n) is 10.5. The lowest BCUT2D eigenvalue weighted by Crippen LogP contribution is -2.24. The van der Waals surface area contributed by atoms with Gasteiger partial charge in [-0.15, -0.1) is 0 Å². The van der Waals surface area contributed by atoms with Crippen molar-refractivity contribution in [3.63, 3.8) is 0 Å². The maximum atomic E-state index is 13.5. The van der Waals surface area contributed by atoms with E-state index >= 15 is 0 Å². The average molecular weight is 281 g/mol. The van der Waals surface area contributed by atoms with Crippen molar-refractivity contribution in [2.24, 2.45) is 11.8 Å². The summed E-state index contributed by atoms with van der Waals surface area (Å²) in [6.07, 6.45) is 2.86. The van der Waals surface area contributed by atoms with Gasteiger partial charge in [0.25, 0.3) is 0 Å². The van der Waals surface area contributed by atoms with Crippen molar-refractivity contribution in [2.75, 3.05) is 0 Å². The van der Waals surface area contributed by atoms with Crippen molar-refractivity contribution in [1.29, 1.82) is 0 Å². The molecule has 0 heterocycles. The van der Waals surface area contributed by atoms with E-state index in [1.807, 2.05) is 0 Å². The van der Waals surface area contributed by atoms with Crippen LogP contribution in [0.5, 0.6) is 0 Å². The number of Topliss-reactive ketones (excluding diaryl/α,β-unsaturated/α-hetero) is 1. The highest BCUT2D eigenvalue weighted by atomic mass is 35.5. The molecule has 2 nitrogen and oxygen atoms in total. The van der Waals surface area contributed by atoms with Gasteiger partial charge in [-0.25, -0.2) is 4.39 Å². The van der Waals surface area contributed by atoms with Crippen LogP contribution in [0.15, 0.2) is 29.3 Å². The monoisotopic (exact) mass is 280 g/mol. The highest BCUT2D eigenvalue weighted by molar-refractivity contribution is 6.31. The molecule has 100 valence electrons. The summed E-state index contributed by atoms with van der Waals surface area (Å²) in [6, 6.07) is 4.94. The van der Waals surface area contributed by atoms with Crippen LogP contribution in [-0.4, -0.2) is 12.1 Å². The van der Waals surface area contributed by atoms with E-state index in [1.54, 1.807) is 25.1 Å². The number of hydrogen-bond donors (Lipinski definition) is 0. The Kier molecular flexibility index (Phi) is 4.15. The van der Waals surface area contributed by atoms with Crippen molar-refractivity contribution in [3.05, 3.63) is 46.3 Å². The number of aldehydes is 1. The van der Waals surface area contributed by atoms with Crippen molar-refractivity contribution in [1.82, 2.24) is 0 Å². The fourth-order valence-corrected chi connectivity index (χ4v) is 2.46. The average Bonchev–Trinajstić information content (AvgIpc) is 2.38. The Morgan fingerprint density at radius 1 is 1.47 bits per heavy atom. The Morgan fingerprint density at radius 3 is 2.84 bits per heavy atom. The summed E-state index contributed by atoms with van der Waals surface area (Å²) >= 11 is 5.97. The SMILES string of the molecule is Cc1ccc(CC2C=C(Cl)C(C=O)CC2=O)cc1F. The Labute approximate surface area is 116 Å². The molecule has 2 rings (SSSR count). The zero-order chi connectivity index (χ0) is 14.0. The fourth-order valence-electron chi connectivity index (χ4n) is 2.18. The van der Waals surface area contributed by atoms with Gasteiger partial charge in [0, 0.05) is 17.4 Å². The first kappa shape index (κ1) is 13.9. The molecule has 0 bridgehead atoms. The Morgan fingerprint density at radius 2 is 2.21 bits per heavy atom. The van der Waals surface area contributed by atoms with E-state index in [-0.39, 0.29) is 23.9 Å². The molecule has 0 N–H and O–H groups in total. The van der Waals surface area contributed by atoms with Crippen LogP contribution < -0.4 is 0 Å². The molecule has 0 fully saturated rings. The first-order valence-electron chi connectivity index (χ1n) is 6.11. The minimum atomic E-state index is -0.514. The molecule has 1 aromatic rings. The molecule has 4 heteroatoms. The fraction of sp³-hybridized carbons (Fsp3) is 0.333. The number of ketones is 1. The minimum Gasteiger partial charge on any atom is -0.303 e. The lowest BCUT2D eigenvalue weighted by atomic mass is 9.84. The lowest BCUT2D eigenvalue weighted by Gasteiger charge is -2.21. The second-order valence-corrected chi connectivity index (χ2v) is 5.30. The Hall–Kier alpha value is -1.48. The molecular formula is C15H14ClFO2. The van der Waals surface area contributed by atoms with Crippen molar-refractivity contribution in [2.45, 2.75) is 19.8 Å². The van der Waals surface area contributed by atoms with Gasteiger partial charge in [-0.05, 0) is 30.5 Å². The molecule has 1 aliphatic rings. The zero-order valence-corrected chi connectivity index (χ0v) is 11.3. The molecule has 0 radical (unpaired) electrons. The smallest absolute Gasteiger partial charge is 0.141 e. The molecule has 0 aliphatic heterocycles. The first-order chi connectivity index (χ1) is 9.01. The Bertz CT molecular complexity index is 551. The van der Waals surface area contributed by atoms with Crippen LogP contribution in [-0.2, 0) is 16.0 Å². The van der Waals surface area contributed by atoms with Gasteiger partial charge in [0.05, 0.1) is 5.92 Å². The van der Waals surface area contributed by atoms with Crippen LogP contribution in [0.1, 0.15) is 17.5 Å². The Balaban J connectivity index is 2.19. The third kappa shape index (κ3) is 3.10. The molecular weight excluding hydrogens is 267 g/mol.